The average molecular weight is 192 g/mol. The summed E-state index contributed by atoms with van der Waals surface area (Å²) in [6.45, 7) is 6.81. The molecule has 0 aliphatic rings. The van der Waals surface area contributed by atoms with Crippen molar-refractivity contribution in [1.82, 2.24) is 0 Å². The molecular weight excluding hydrogens is 167 g/mol. The predicted molar refractivity (Wildman–Crippen MR) is 60.8 cm³/mol. The third-order valence-corrected chi connectivity index (χ3v) is 7.65. The second-order valence-corrected chi connectivity index (χ2v) is 7.91. The summed E-state index contributed by atoms with van der Waals surface area (Å²) in [5.74, 6) is 0. The van der Waals surface area contributed by atoms with Crippen molar-refractivity contribution in [2.45, 2.75) is 40.0 Å². The molecule has 0 rings (SSSR count). The van der Waals surface area contributed by atoms with Gasteiger partial charge < -0.3 is 0 Å². The molecule has 2 heteroatoms. The van der Waals surface area contributed by atoms with Gasteiger partial charge in [-0.1, -0.05) is 0 Å². The van der Waals surface area contributed by atoms with E-state index in [4.69, 9.17) is 4.52 Å². The summed E-state index contributed by atoms with van der Waals surface area (Å²) in [6.07, 6.45) is 7.93. The van der Waals surface area contributed by atoms with Crippen molar-refractivity contribution in [2.75, 3.05) is 25.6 Å². The van der Waals surface area contributed by atoms with Gasteiger partial charge in [-0.05, 0) is 0 Å². The first-order valence-corrected chi connectivity index (χ1v) is 7.82. The van der Waals surface area contributed by atoms with Crippen molar-refractivity contribution in [1.29, 1.82) is 0 Å². The molecule has 0 aromatic heterocycles. The number of hydrogen-bond donors (Lipinski definition) is 0. The minimum absolute atomic E-state index is 1.27. The van der Waals surface area contributed by atoms with Gasteiger partial charge in [0.1, 0.15) is 0 Å². The molecule has 0 bridgehead atoms. The van der Waals surface area contributed by atoms with E-state index in [9.17, 15) is 0 Å². The number of hydrogen-bond acceptors (Lipinski definition) is 1. The van der Waals surface area contributed by atoms with Crippen LogP contribution in [0.3, 0.4) is 0 Å². The molecule has 0 radical (unpaired) electrons. The molecule has 0 aliphatic heterocycles. The monoisotopic (exact) mass is 192 g/mol. The van der Waals surface area contributed by atoms with Crippen LogP contribution in [0.5, 0.6) is 0 Å². The van der Waals surface area contributed by atoms with Crippen LogP contribution in [0.2, 0.25) is 0 Å². The first-order valence-electron chi connectivity index (χ1n) is 5.29. The van der Waals surface area contributed by atoms with E-state index in [1.165, 1.54) is 37.7 Å². The molecule has 12 heavy (non-hydrogen) atoms. The molecule has 0 aromatic rings. The van der Waals surface area contributed by atoms with Crippen molar-refractivity contribution in [3.8, 4) is 0 Å². The zero-order valence-corrected chi connectivity index (χ0v) is 10.2. The van der Waals surface area contributed by atoms with E-state index in [0.717, 1.165) is 0 Å². The van der Waals surface area contributed by atoms with Crippen molar-refractivity contribution in [3.63, 3.8) is 0 Å². The van der Waals surface area contributed by atoms with Gasteiger partial charge in [0.15, 0.2) is 0 Å². The van der Waals surface area contributed by atoms with Gasteiger partial charge in [0.05, 0.1) is 0 Å². The normalized spacial score (nSPS) is 13.3. The third kappa shape index (κ3) is 3.87. The summed E-state index contributed by atoms with van der Waals surface area (Å²) >= 11 is 0. The first kappa shape index (κ1) is 12.4. The van der Waals surface area contributed by atoms with Crippen molar-refractivity contribution >= 4 is 7.49 Å². The molecule has 0 saturated carbocycles. The topological polar surface area (TPSA) is 9.23 Å². The van der Waals surface area contributed by atoms with Crippen molar-refractivity contribution in [3.05, 3.63) is 0 Å². The Morgan fingerprint density at radius 1 is 0.833 bits per heavy atom. The Bertz CT molecular complexity index is 87.0. The SMILES string of the molecule is CCC[PH](CCC)(CCC)OC. The Labute approximate surface area is 78.3 Å². The van der Waals surface area contributed by atoms with Gasteiger partial charge in [-0.3, -0.25) is 0 Å². The van der Waals surface area contributed by atoms with Gasteiger partial charge in [-0.2, -0.15) is 0 Å². The van der Waals surface area contributed by atoms with E-state index < -0.39 is 7.49 Å². The molecule has 0 spiro atoms. The van der Waals surface area contributed by atoms with Crippen LogP contribution in [0.15, 0.2) is 0 Å². The second-order valence-electron chi connectivity index (χ2n) is 3.64. The fourth-order valence-electron chi connectivity index (χ4n) is 2.05. The summed E-state index contributed by atoms with van der Waals surface area (Å²) in [4.78, 5) is 0. The number of rotatable bonds is 7. The summed E-state index contributed by atoms with van der Waals surface area (Å²) in [7, 11) is 0.654. The third-order valence-electron chi connectivity index (χ3n) is 2.55. The van der Waals surface area contributed by atoms with Gasteiger partial charge in [0.2, 0.25) is 0 Å². The first-order chi connectivity index (χ1) is 5.74. The van der Waals surface area contributed by atoms with E-state index in [2.05, 4.69) is 20.8 Å². The summed E-state index contributed by atoms with van der Waals surface area (Å²) in [6, 6.07) is 0. The fraction of sp³-hybridized carbons (Fsp3) is 1.00. The molecule has 1 nitrogen and oxygen atoms in total. The van der Waals surface area contributed by atoms with E-state index in [0.29, 0.717) is 0 Å². The summed E-state index contributed by atoms with van der Waals surface area (Å²) in [5.41, 5.74) is 0. The molecule has 0 N–H and O–H groups in total. The minimum atomic E-state index is -1.27. The van der Waals surface area contributed by atoms with Gasteiger partial charge in [-0.15, -0.1) is 0 Å². The maximum absolute atomic E-state index is 5.80. The van der Waals surface area contributed by atoms with Crippen LogP contribution in [0.1, 0.15) is 40.0 Å². The van der Waals surface area contributed by atoms with Gasteiger partial charge in [0.25, 0.3) is 0 Å². The van der Waals surface area contributed by atoms with Crippen LogP contribution in [-0.4, -0.2) is 25.6 Å². The molecule has 0 heterocycles. The Morgan fingerprint density at radius 3 is 1.33 bits per heavy atom. The van der Waals surface area contributed by atoms with Crippen LogP contribution in [0.4, 0.5) is 0 Å². The Balaban J connectivity index is 4.06. The van der Waals surface area contributed by atoms with Crippen molar-refractivity contribution < 1.29 is 4.52 Å². The van der Waals surface area contributed by atoms with Crippen molar-refractivity contribution in [2.24, 2.45) is 0 Å². The molecule has 0 fully saturated rings. The molecular formula is C10H25OP. The van der Waals surface area contributed by atoms with Gasteiger partial charge in [0, 0.05) is 0 Å². The quantitative estimate of drug-likeness (QED) is 0.561. The Hall–Kier alpha value is 0.390. The molecule has 0 saturated heterocycles. The zero-order chi connectivity index (χ0) is 9.45. The molecule has 0 amide bonds. The van der Waals surface area contributed by atoms with Crippen LogP contribution in [0, 0.1) is 0 Å². The van der Waals surface area contributed by atoms with E-state index in [1.54, 1.807) is 0 Å². The van der Waals surface area contributed by atoms with E-state index >= 15 is 0 Å². The summed E-state index contributed by atoms with van der Waals surface area (Å²) < 4.78 is 5.80. The van der Waals surface area contributed by atoms with E-state index in [-0.39, 0.29) is 0 Å². The second kappa shape index (κ2) is 6.86. The zero-order valence-electron chi connectivity index (χ0n) is 9.15. The molecule has 0 aliphatic carbocycles. The fourth-order valence-corrected chi connectivity index (χ4v) is 6.14. The molecule has 76 valence electrons. The van der Waals surface area contributed by atoms with Crippen LogP contribution in [0.25, 0.3) is 0 Å². The van der Waals surface area contributed by atoms with Crippen LogP contribution < -0.4 is 0 Å². The predicted octanol–water partition coefficient (Wildman–Crippen LogP) is 3.53. The molecule has 0 unspecified atom stereocenters. The summed E-state index contributed by atoms with van der Waals surface area (Å²) in [5, 5.41) is 0. The Kier molecular flexibility index (Phi) is 7.08. The van der Waals surface area contributed by atoms with Gasteiger partial charge in [-0.25, -0.2) is 0 Å². The van der Waals surface area contributed by atoms with Crippen LogP contribution >= 0.6 is 7.49 Å². The molecule has 0 atom stereocenters. The Morgan fingerprint density at radius 2 is 1.17 bits per heavy atom. The molecule has 0 aromatic carbocycles. The van der Waals surface area contributed by atoms with E-state index in [1.807, 2.05) is 7.11 Å². The van der Waals surface area contributed by atoms with Gasteiger partial charge >= 0.3 is 77.6 Å². The standard InChI is InChI=1S/C10H25OP/c1-5-8-12(11-4,9-6-2)10-7-3/h12H,5-10H2,1-4H3. The van der Waals surface area contributed by atoms with Crippen LogP contribution in [-0.2, 0) is 4.52 Å². The maximum atomic E-state index is 5.80. The average Bonchev–Trinajstić information content (AvgIpc) is 2.06.